The van der Waals surface area contributed by atoms with E-state index in [0.29, 0.717) is 11.4 Å². The molecule has 0 saturated heterocycles. The number of benzene rings is 3. The molecular formula is C23H21ClN2O2. The van der Waals surface area contributed by atoms with Crippen LogP contribution in [0.1, 0.15) is 5.56 Å². The molecule has 4 rings (SSSR count). The van der Waals surface area contributed by atoms with E-state index in [4.69, 9.17) is 21.3 Å². The van der Waals surface area contributed by atoms with Crippen molar-refractivity contribution in [3.63, 3.8) is 0 Å². The molecule has 0 bridgehead atoms. The lowest BCUT2D eigenvalue weighted by atomic mass is 10.0. The van der Waals surface area contributed by atoms with Gasteiger partial charge >= 0.3 is 0 Å². The highest BCUT2D eigenvalue weighted by molar-refractivity contribution is 6.31. The number of fused-ring (bicyclic) bond motifs is 2. The van der Waals surface area contributed by atoms with Crippen LogP contribution in [0.25, 0.3) is 21.8 Å². The van der Waals surface area contributed by atoms with Gasteiger partial charge in [-0.3, -0.25) is 0 Å². The van der Waals surface area contributed by atoms with Gasteiger partial charge in [-0.2, -0.15) is 0 Å². The van der Waals surface area contributed by atoms with E-state index in [1.54, 1.807) is 7.11 Å². The monoisotopic (exact) mass is 392 g/mol. The first-order valence-corrected chi connectivity index (χ1v) is 9.54. The maximum absolute atomic E-state index is 10.0. The predicted octanol–water partition coefficient (Wildman–Crippen LogP) is 5.07. The highest BCUT2D eigenvalue weighted by Gasteiger charge is 2.15. The van der Waals surface area contributed by atoms with Crippen molar-refractivity contribution in [2.24, 2.45) is 0 Å². The Hall–Kier alpha value is -2.82. The molecule has 1 atom stereocenters. The third kappa shape index (κ3) is 3.75. The van der Waals surface area contributed by atoms with Crippen molar-refractivity contribution in [1.29, 1.82) is 0 Å². The number of aliphatic hydroxyl groups excluding tert-OH is 1. The summed E-state index contributed by atoms with van der Waals surface area (Å²) in [5.41, 5.74) is 3.74. The molecule has 0 amide bonds. The van der Waals surface area contributed by atoms with Gasteiger partial charge in [0.1, 0.15) is 5.75 Å². The van der Waals surface area contributed by atoms with E-state index in [1.807, 2.05) is 54.6 Å². The van der Waals surface area contributed by atoms with Crippen LogP contribution in [0.3, 0.4) is 0 Å². The second kappa shape index (κ2) is 8.05. The first-order valence-electron chi connectivity index (χ1n) is 9.16. The normalized spacial score (nSPS) is 12.2. The van der Waals surface area contributed by atoms with E-state index >= 15 is 0 Å². The molecule has 0 aliphatic rings. The fraction of sp³-hybridized carbons (Fsp3) is 0.174. The van der Waals surface area contributed by atoms with Crippen LogP contribution in [0.5, 0.6) is 5.75 Å². The maximum atomic E-state index is 10.0. The van der Waals surface area contributed by atoms with Gasteiger partial charge in [-0.25, -0.2) is 4.98 Å². The van der Waals surface area contributed by atoms with Crippen molar-refractivity contribution in [2.45, 2.75) is 12.5 Å². The minimum absolute atomic E-state index is 0.0117. The van der Waals surface area contributed by atoms with E-state index in [2.05, 4.69) is 17.4 Å². The summed E-state index contributed by atoms with van der Waals surface area (Å²) in [6.07, 6.45) is 0.709. The first kappa shape index (κ1) is 18.5. The zero-order valence-electron chi connectivity index (χ0n) is 15.5. The summed E-state index contributed by atoms with van der Waals surface area (Å²) >= 11 is 6.19. The van der Waals surface area contributed by atoms with Gasteiger partial charge in [0.05, 0.1) is 36.5 Å². The highest BCUT2D eigenvalue weighted by Crippen LogP contribution is 2.34. The number of nitrogens with zero attached hydrogens (tertiary/aromatic N) is 1. The summed E-state index contributed by atoms with van der Waals surface area (Å²) in [4.78, 5) is 4.75. The van der Waals surface area contributed by atoms with Crippen LogP contribution in [-0.4, -0.2) is 29.8 Å². The van der Waals surface area contributed by atoms with Crippen LogP contribution in [0.15, 0.2) is 66.7 Å². The fourth-order valence-electron chi connectivity index (χ4n) is 3.44. The van der Waals surface area contributed by atoms with Crippen molar-refractivity contribution >= 4 is 39.1 Å². The Labute approximate surface area is 168 Å². The lowest BCUT2D eigenvalue weighted by Gasteiger charge is -2.21. The highest BCUT2D eigenvalue weighted by atomic mass is 35.5. The second-order valence-electron chi connectivity index (χ2n) is 6.74. The van der Waals surface area contributed by atoms with Gasteiger partial charge < -0.3 is 15.2 Å². The Bertz CT molecular complexity index is 1120. The van der Waals surface area contributed by atoms with Crippen LogP contribution in [-0.2, 0) is 6.42 Å². The number of hydrogen-bond acceptors (Lipinski definition) is 4. The minimum Gasteiger partial charge on any atom is -0.497 e. The Balaban J connectivity index is 1.83. The van der Waals surface area contributed by atoms with Gasteiger partial charge in [0.25, 0.3) is 0 Å². The summed E-state index contributed by atoms with van der Waals surface area (Å²) in [7, 11) is 1.65. The van der Waals surface area contributed by atoms with Crippen molar-refractivity contribution in [1.82, 2.24) is 4.98 Å². The Kier molecular flexibility index (Phi) is 5.33. The molecule has 0 unspecified atom stereocenters. The lowest BCUT2D eigenvalue weighted by molar-refractivity contribution is 0.274. The molecule has 0 aliphatic carbocycles. The van der Waals surface area contributed by atoms with E-state index in [0.717, 1.165) is 38.8 Å². The van der Waals surface area contributed by atoms with Gasteiger partial charge in [0, 0.05) is 15.8 Å². The zero-order chi connectivity index (χ0) is 19.5. The molecule has 0 saturated carbocycles. The molecule has 0 spiro atoms. The summed E-state index contributed by atoms with van der Waals surface area (Å²) < 4.78 is 5.41. The topological polar surface area (TPSA) is 54.4 Å². The van der Waals surface area contributed by atoms with Crippen LogP contribution in [0, 0.1) is 0 Å². The number of hydrogen-bond donors (Lipinski definition) is 2. The van der Waals surface area contributed by atoms with E-state index < -0.39 is 0 Å². The Morgan fingerprint density at radius 3 is 2.57 bits per heavy atom. The molecule has 0 aliphatic heterocycles. The minimum atomic E-state index is -0.141. The number of methoxy groups -OCH3 is 1. The van der Waals surface area contributed by atoms with Crippen LogP contribution < -0.4 is 10.1 Å². The number of nitrogens with one attached hydrogen (secondary N) is 1. The van der Waals surface area contributed by atoms with Gasteiger partial charge in [0.2, 0.25) is 0 Å². The zero-order valence-corrected chi connectivity index (χ0v) is 16.3. The number of halogens is 1. The van der Waals surface area contributed by atoms with E-state index in [-0.39, 0.29) is 12.6 Å². The van der Waals surface area contributed by atoms with Gasteiger partial charge in [-0.05, 0) is 48.4 Å². The summed E-state index contributed by atoms with van der Waals surface area (Å²) in [6.45, 7) is 0.0117. The largest absolute Gasteiger partial charge is 0.497 e. The molecule has 1 aromatic heterocycles. The van der Waals surface area contributed by atoms with E-state index in [9.17, 15) is 5.11 Å². The number of aliphatic hydroxyl groups is 1. The smallest absolute Gasteiger partial charge is 0.119 e. The molecule has 5 heteroatoms. The first-order chi connectivity index (χ1) is 13.7. The molecule has 4 aromatic rings. The van der Waals surface area contributed by atoms with Crippen molar-refractivity contribution in [3.05, 3.63) is 77.3 Å². The molecule has 2 N–H and O–H groups in total. The Morgan fingerprint density at radius 2 is 1.82 bits per heavy atom. The van der Waals surface area contributed by atoms with Crippen molar-refractivity contribution < 1.29 is 9.84 Å². The van der Waals surface area contributed by atoms with Gasteiger partial charge in [0.15, 0.2) is 0 Å². The van der Waals surface area contributed by atoms with Crippen molar-refractivity contribution in [3.8, 4) is 5.75 Å². The molecular weight excluding hydrogens is 372 g/mol. The van der Waals surface area contributed by atoms with Crippen LogP contribution >= 0.6 is 11.6 Å². The summed E-state index contributed by atoms with van der Waals surface area (Å²) in [6, 6.07) is 21.5. The van der Waals surface area contributed by atoms with E-state index in [1.165, 1.54) is 0 Å². The van der Waals surface area contributed by atoms with Crippen LogP contribution in [0.2, 0.25) is 5.02 Å². The summed E-state index contributed by atoms with van der Waals surface area (Å²) in [5, 5.41) is 16.1. The Morgan fingerprint density at radius 1 is 1.00 bits per heavy atom. The molecule has 28 heavy (non-hydrogen) atoms. The van der Waals surface area contributed by atoms with Gasteiger partial charge in [-0.15, -0.1) is 0 Å². The maximum Gasteiger partial charge on any atom is 0.119 e. The number of aromatic nitrogens is 1. The molecule has 0 fully saturated rings. The molecule has 3 aromatic carbocycles. The summed E-state index contributed by atoms with van der Waals surface area (Å²) in [5.74, 6) is 0.759. The number of ether oxygens (including phenoxy) is 1. The van der Waals surface area contributed by atoms with Gasteiger partial charge in [-0.1, -0.05) is 41.9 Å². The third-order valence-electron chi connectivity index (χ3n) is 4.84. The quantitative estimate of drug-likeness (QED) is 0.450. The molecule has 1 heterocycles. The van der Waals surface area contributed by atoms with Crippen LogP contribution in [0.4, 0.5) is 5.69 Å². The fourth-order valence-corrected chi connectivity index (χ4v) is 3.61. The van der Waals surface area contributed by atoms with Crippen molar-refractivity contribution in [2.75, 3.05) is 19.0 Å². The molecule has 142 valence electrons. The second-order valence-corrected chi connectivity index (χ2v) is 7.18. The number of anilines is 1. The number of pyridine rings is 1. The standard InChI is InChI=1S/C23H21ClN2O2/c1-28-18-8-10-21-20(13-18)23(19-9-7-16(24)12-22(19)26-21)25-17(14-27)11-15-5-3-2-4-6-15/h2-10,12-13,17,27H,11,14H2,1H3,(H,25,26)/t17-/m0/s1. The average molecular weight is 393 g/mol. The number of rotatable bonds is 6. The molecule has 4 nitrogen and oxygen atoms in total. The predicted molar refractivity (Wildman–Crippen MR) is 115 cm³/mol. The molecule has 0 radical (unpaired) electrons. The average Bonchev–Trinajstić information content (AvgIpc) is 2.73. The SMILES string of the molecule is COc1ccc2nc3cc(Cl)ccc3c(N[C@H](CO)Cc3ccccc3)c2c1. The lowest BCUT2D eigenvalue weighted by Crippen LogP contribution is -2.26. The third-order valence-corrected chi connectivity index (χ3v) is 5.07.